The number of benzene rings is 1. The van der Waals surface area contributed by atoms with Crippen molar-refractivity contribution in [2.24, 2.45) is 4.99 Å². The van der Waals surface area contributed by atoms with Gasteiger partial charge in [0.1, 0.15) is 12.2 Å². The van der Waals surface area contributed by atoms with E-state index in [-0.39, 0.29) is 11.4 Å². The van der Waals surface area contributed by atoms with Gasteiger partial charge in [0, 0.05) is 46.3 Å². The molecular formula is C19H29N7O3S. The van der Waals surface area contributed by atoms with Crippen LogP contribution in [0.3, 0.4) is 0 Å². The highest BCUT2D eigenvalue weighted by atomic mass is 32.2. The fraction of sp³-hybridized carbons (Fsp3) is 0.526. The Hall–Kier alpha value is -2.50. The highest BCUT2D eigenvalue weighted by Gasteiger charge is 2.24. The van der Waals surface area contributed by atoms with Crippen LogP contribution in [0.25, 0.3) is 0 Å². The third-order valence-electron chi connectivity index (χ3n) is 5.08. The number of nitrogens with zero attached hydrogens (tertiary/aromatic N) is 4. The van der Waals surface area contributed by atoms with E-state index in [2.05, 4.69) is 35.1 Å². The molecule has 1 aromatic carbocycles. The lowest BCUT2D eigenvalue weighted by Crippen LogP contribution is -2.45. The number of ether oxygens (including phenoxy) is 1. The Morgan fingerprint density at radius 2 is 2.17 bits per heavy atom. The van der Waals surface area contributed by atoms with Crippen molar-refractivity contribution in [3.8, 4) is 0 Å². The molecular weight excluding hydrogens is 406 g/mol. The van der Waals surface area contributed by atoms with Crippen molar-refractivity contribution < 1.29 is 13.2 Å². The molecule has 30 heavy (non-hydrogen) atoms. The van der Waals surface area contributed by atoms with Crippen molar-refractivity contribution in [3.63, 3.8) is 0 Å². The Kier molecular flexibility index (Phi) is 7.77. The van der Waals surface area contributed by atoms with Crippen LogP contribution in [0.15, 0.2) is 40.5 Å². The van der Waals surface area contributed by atoms with Gasteiger partial charge >= 0.3 is 0 Å². The first-order valence-corrected chi connectivity index (χ1v) is 11.4. The minimum absolute atomic E-state index is 0.234. The first-order chi connectivity index (χ1) is 14.5. The molecule has 0 spiro atoms. The third-order valence-corrected chi connectivity index (χ3v) is 6.54. The number of methoxy groups -OCH3 is 1. The number of likely N-dealkylation sites (tertiary alicyclic amines) is 1. The molecule has 1 aliphatic heterocycles. The van der Waals surface area contributed by atoms with E-state index in [9.17, 15) is 8.42 Å². The highest BCUT2D eigenvalue weighted by Crippen LogP contribution is 2.25. The molecule has 1 fully saturated rings. The van der Waals surface area contributed by atoms with Gasteiger partial charge in [-0.1, -0.05) is 12.1 Å². The van der Waals surface area contributed by atoms with Crippen LogP contribution < -0.4 is 10.0 Å². The number of H-pyrrole nitrogens is 1. The number of hydrogen-bond acceptors (Lipinski definition) is 6. The van der Waals surface area contributed by atoms with Crippen molar-refractivity contribution >= 4 is 16.0 Å². The Bertz CT molecular complexity index is 923. The number of hydrogen-bond donors (Lipinski definition) is 3. The zero-order valence-corrected chi connectivity index (χ0v) is 18.2. The fourth-order valence-corrected chi connectivity index (χ4v) is 4.56. The van der Waals surface area contributed by atoms with Gasteiger partial charge in [-0.3, -0.25) is 10.1 Å². The second kappa shape index (κ2) is 10.5. The number of piperidine rings is 1. The summed E-state index contributed by atoms with van der Waals surface area (Å²) < 4.78 is 32.2. The molecule has 3 rings (SSSR count). The molecule has 164 valence electrons. The van der Waals surface area contributed by atoms with Crippen LogP contribution in [-0.4, -0.2) is 74.9 Å². The summed E-state index contributed by atoms with van der Waals surface area (Å²) in [4.78, 5) is 11.1. The lowest BCUT2D eigenvalue weighted by molar-refractivity contribution is 0.204. The van der Waals surface area contributed by atoms with Crippen LogP contribution in [-0.2, 0) is 21.3 Å². The van der Waals surface area contributed by atoms with Gasteiger partial charge < -0.3 is 15.0 Å². The number of rotatable bonds is 8. The van der Waals surface area contributed by atoms with Crippen molar-refractivity contribution in [3.05, 3.63) is 42.0 Å². The standard InChI is InChI=1S/C19H29N7O3S/c1-20-19(26-9-6-16(7-10-26)18-22-14-23-25-18)21-13-15-4-3-5-17(12-15)30(27,28)24-8-11-29-2/h3-5,12,14,16,24H,6-11,13H2,1-2H3,(H,20,21)(H,22,23,25). The second-order valence-corrected chi connectivity index (χ2v) is 8.84. The Labute approximate surface area is 177 Å². The van der Waals surface area contributed by atoms with E-state index >= 15 is 0 Å². The zero-order valence-electron chi connectivity index (χ0n) is 17.3. The lowest BCUT2D eigenvalue weighted by Gasteiger charge is -2.33. The van der Waals surface area contributed by atoms with Crippen molar-refractivity contribution in [1.29, 1.82) is 0 Å². The van der Waals surface area contributed by atoms with E-state index in [1.165, 1.54) is 7.11 Å². The normalized spacial score (nSPS) is 16.1. The monoisotopic (exact) mass is 435 g/mol. The number of sulfonamides is 1. The van der Waals surface area contributed by atoms with Crippen molar-refractivity contribution in [2.45, 2.75) is 30.2 Å². The first kappa shape index (κ1) is 22.2. The smallest absolute Gasteiger partial charge is 0.240 e. The molecule has 11 heteroatoms. The maximum Gasteiger partial charge on any atom is 0.240 e. The van der Waals surface area contributed by atoms with Crippen molar-refractivity contribution in [2.75, 3.05) is 40.4 Å². The van der Waals surface area contributed by atoms with Gasteiger partial charge in [0.2, 0.25) is 10.0 Å². The Morgan fingerprint density at radius 3 is 2.83 bits per heavy atom. The Balaban J connectivity index is 1.55. The molecule has 1 saturated heterocycles. The van der Waals surface area contributed by atoms with E-state index < -0.39 is 10.0 Å². The van der Waals surface area contributed by atoms with E-state index in [1.807, 2.05) is 6.07 Å². The average molecular weight is 436 g/mol. The molecule has 1 aliphatic rings. The predicted octanol–water partition coefficient (Wildman–Crippen LogP) is 0.684. The Morgan fingerprint density at radius 1 is 1.37 bits per heavy atom. The van der Waals surface area contributed by atoms with Crippen LogP contribution in [0.4, 0.5) is 0 Å². The van der Waals surface area contributed by atoms with E-state index in [1.54, 1.807) is 31.6 Å². The van der Waals surface area contributed by atoms with Gasteiger partial charge in [0.25, 0.3) is 0 Å². The summed E-state index contributed by atoms with van der Waals surface area (Å²) in [5, 5.41) is 10.2. The van der Waals surface area contributed by atoms with Crippen LogP contribution >= 0.6 is 0 Å². The maximum absolute atomic E-state index is 12.4. The molecule has 0 bridgehead atoms. The molecule has 0 aliphatic carbocycles. The molecule has 0 unspecified atom stereocenters. The number of aliphatic imine (C=N–C) groups is 1. The summed E-state index contributed by atoms with van der Waals surface area (Å²) >= 11 is 0. The zero-order chi connectivity index (χ0) is 21.4. The van der Waals surface area contributed by atoms with Crippen molar-refractivity contribution in [1.82, 2.24) is 30.1 Å². The first-order valence-electron chi connectivity index (χ1n) is 9.92. The predicted molar refractivity (Wildman–Crippen MR) is 114 cm³/mol. The topological polar surface area (TPSA) is 125 Å². The molecule has 0 amide bonds. The molecule has 1 aromatic heterocycles. The maximum atomic E-state index is 12.4. The second-order valence-electron chi connectivity index (χ2n) is 7.07. The summed E-state index contributed by atoms with van der Waals surface area (Å²) in [5.74, 6) is 2.13. The molecule has 3 N–H and O–H groups in total. The lowest BCUT2D eigenvalue weighted by atomic mass is 9.96. The quantitative estimate of drug-likeness (QED) is 0.316. The molecule has 0 atom stereocenters. The molecule has 0 saturated carbocycles. The molecule has 0 radical (unpaired) electrons. The van der Waals surface area contributed by atoms with Gasteiger partial charge in [-0.2, -0.15) is 5.10 Å². The summed E-state index contributed by atoms with van der Waals surface area (Å²) in [5.41, 5.74) is 0.863. The molecule has 2 heterocycles. The third kappa shape index (κ3) is 5.77. The van der Waals surface area contributed by atoms with Crippen LogP contribution in [0.1, 0.15) is 30.1 Å². The van der Waals surface area contributed by atoms with E-state index in [0.29, 0.717) is 19.1 Å². The number of nitrogens with one attached hydrogen (secondary N) is 3. The molecule has 10 nitrogen and oxygen atoms in total. The largest absolute Gasteiger partial charge is 0.383 e. The van der Waals surface area contributed by atoms with E-state index in [0.717, 1.165) is 43.3 Å². The summed E-state index contributed by atoms with van der Waals surface area (Å²) in [6.45, 7) is 2.77. The van der Waals surface area contributed by atoms with Crippen LogP contribution in [0.5, 0.6) is 0 Å². The molecule has 2 aromatic rings. The highest BCUT2D eigenvalue weighted by molar-refractivity contribution is 7.89. The average Bonchev–Trinajstić information content (AvgIpc) is 3.30. The van der Waals surface area contributed by atoms with Gasteiger partial charge in [-0.15, -0.1) is 0 Å². The van der Waals surface area contributed by atoms with Gasteiger partial charge in [0.15, 0.2) is 5.96 Å². The van der Waals surface area contributed by atoms with Gasteiger partial charge in [-0.05, 0) is 30.5 Å². The van der Waals surface area contributed by atoms with Gasteiger partial charge in [0.05, 0.1) is 11.5 Å². The van der Waals surface area contributed by atoms with Crippen LogP contribution in [0, 0.1) is 0 Å². The summed E-state index contributed by atoms with van der Waals surface area (Å²) in [6.07, 6.45) is 3.48. The minimum Gasteiger partial charge on any atom is -0.383 e. The van der Waals surface area contributed by atoms with E-state index in [4.69, 9.17) is 4.74 Å². The number of guanidine groups is 1. The fourth-order valence-electron chi connectivity index (χ4n) is 3.47. The number of aromatic amines is 1. The number of aromatic nitrogens is 3. The SMILES string of the molecule is CN=C(NCc1cccc(S(=O)(=O)NCCOC)c1)N1CCC(c2ncn[nH]2)CC1. The van der Waals surface area contributed by atoms with Crippen LogP contribution in [0.2, 0.25) is 0 Å². The summed E-state index contributed by atoms with van der Waals surface area (Å²) in [7, 11) is -0.272. The van der Waals surface area contributed by atoms with Gasteiger partial charge in [-0.25, -0.2) is 18.1 Å². The minimum atomic E-state index is -3.56. The summed E-state index contributed by atoms with van der Waals surface area (Å²) in [6, 6.07) is 6.89.